The van der Waals surface area contributed by atoms with Crippen molar-refractivity contribution in [3.8, 4) is 0 Å². The van der Waals surface area contributed by atoms with Gasteiger partial charge in [-0.2, -0.15) is 0 Å². The lowest BCUT2D eigenvalue weighted by Crippen LogP contribution is -2.27. The molecule has 0 saturated carbocycles. The van der Waals surface area contributed by atoms with E-state index in [4.69, 9.17) is 11.5 Å². The fourth-order valence-corrected chi connectivity index (χ4v) is 1.55. The van der Waals surface area contributed by atoms with E-state index in [1.54, 1.807) is 0 Å². The first-order valence-electron chi connectivity index (χ1n) is 6.12. The Balaban J connectivity index is 3.62. The number of hydrogen-bond donors (Lipinski definition) is 3. The molecular weight excluding hydrogens is 218 g/mol. The minimum absolute atomic E-state index is 0.0274. The fourth-order valence-electron chi connectivity index (χ4n) is 1.55. The van der Waals surface area contributed by atoms with Crippen LogP contribution in [0.3, 0.4) is 0 Å². The molecule has 0 heterocycles. The van der Waals surface area contributed by atoms with Crippen LogP contribution in [0.4, 0.5) is 0 Å². The Labute approximate surface area is 103 Å². The number of rotatable bonds is 9. The highest BCUT2D eigenvalue weighted by Crippen LogP contribution is 2.25. The Kier molecular flexibility index (Phi) is 7.54. The average molecular weight is 243 g/mol. The molecule has 0 aromatic carbocycles. The van der Waals surface area contributed by atoms with Crippen molar-refractivity contribution in [1.82, 2.24) is 5.32 Å². The largest absolute Gasteiger partial charge is 0.370 e. The number of amides is 2. The van der Waals surface area contributed by atoms with Crippen molar-refractivity contribution >= 4 is 11.8 Å². The van der Waals surface area contributed by atoms with Gasteiger partial charge in [0.25, 0.3) is 0 Å². The van der Waals surface area contributed by atoms with Crippen LogP contribution in [-0.2, 0) is 9.59 Å². The van der Waals surface area contributed by atoms with Gasteiger partial charge >= 0.3 is 0 Å². The van der Waals surface area contributed by atoms with Gasteiger partial charge in [-0.1, -0.05) is 13.8 Å². The molecule has 5 heteroatoms. The molecule has 0 unspecified atom stereocenters. The van der Waals surface area contributed by atoms with E-state index in [0.29, 0.717) is 32.4 Å². The first kappa shape index (κ1) is 15.9. The van der Waals surface area contributed by atoms with Crippen molar-refractivity contribution in [3.63, 3.8) is 0 Å². The third kappa shape index (κ3) is 9.81. The highest BCUT2D eigenvalue weighted by atomic mass is 16.2. The molecule has 5 N–H and O–H groups in total. The zero-order chi connectivity index (χ0) is 13.3. The predicted octanol–water partition coefficient (Wildman–Crippen LogP) is 0.523. The van der Waals surface area contributed by atoms with Crippen LogP contribution in [0.15, 0.2) is 0 Å². The Morgan fingerprint density at radius 3 is 2.35 bits per heavy atom. The molecule has 0 aliphatic rings. The van der Waals surface area contributed by atoms with Crippen LogP contribution in [0.1, 0.15) is 46.0 Å². The van der Waals surface area contributed by atoms with Crippen molar-refractivity contribution in [1.29, 1.82) is 0 Å². The van der Waals surface area contributed by atoms with Crippen molar-refractivity contribution in [2.45, 2.75) is 46.0 Å². The normalized spacial score (nSPS) is 11.2. The van der Waals surface area contributed by atoms with E-state index in [-0.39, 0.29) is 17.2 Å². The number of hydrogen-bond acceptors (Lipinski definition) is 3. The quantitative estimate of drug-likeness (QED) is 0.515. The van der Waals surface area contributed by atoms with Crippen LogP contribution in [0.25, 0.3) is 0 Å². The summed E-state index contributed by atoms with van der Waals surface area (Å²) < 4.78 is 0. The summed E-state index contributed by atoms with van der Waals surface area (Å²) >= 11 is 0. The summed E-state index contributed by atoms with van der Waals surface area (Å²) in [5.41, 5.74) is 10.6. The van der Waals surface area contributed by atoms with Crippen LogP contribution in [0.5, 0.6) is 0 Å². The summed E-state index contributed by atoms with van der Waals surface area (Å²) in [6, 6.07) is 0. The van der Waals surface area contributed by atoms with Gasteiger partial charge in [-0.05, 0) is 31.2 Å². The van der Waals surface area contributed by atoms with E-state index in [1.165, 1.54) is 0 Å². The third-order valence-corrected chi connectivity index (χ3v) is 2.77. The van der Waals surface area contributed by atoms with E-state index in [2.05, 4.69) is 19.2 Å². The van der Waals surface area contributed by atoms with Gasteiger partial charge in [0.2, 0.25) is 11.8 Å². The average Bonchev–Trinajstić information content (AvgIpc) is 2.21. The van der Waals surface area contributed by atoms with Crippen molar-refractivity contribution in [2.75, 3.05) is 13.1 Å². The van der Waals surface area contributed by atoms with Gasteiger partial charge in [0.05, 0.1) is 0 Å². The summed E-state index contributed by atoms with van der Waals surface area (Å²) in [5, 5.41) is 2.77. The SMILES string of the molecule is CC(C)(CCN)CCC(=O)NCCCC(N)=O. The molecule has 0 fully saturated rings. The molecule has 0 radical (unpaired) electrons. The standard InChI is InChI=1S/C12H25N3O2/c1-12(2,7-8-13)6-5-11(17)15-9-3-4-10(14)16/h3-9,13H2,1-2H3,(H2,14,16)(H,15,17). The molecular formula is C12H25N3O2. The molecule has 0 bridgehead atoms. The molecule has 0 aromatic heterocycles. The molecule has 0 aliphatic heterocycles. The summed E-state index contributed by atoms with van der Waals surface area (Å²) in [6.07, 6.45) is 3.17. The van der Waals surface area contributed by atoms with Crippen LogP contribution >= 0.6 is 0 Å². The maximum atomic E-state index is 11.5. The van der Waals surface area contributed by atoms with E-state index in [1.807, 2.05) is 0 Å². The minimum atomic E-state index is -0.330. The van der Waals surface area contributed by atoms with Crippen LogP contribution in [0, 0.1) is 5.41 Å². The third-order valence-electron chi connectivity index (χ3n) is 2.77. The number of nitrogens with two attached hydrogens (primary N) is 2. The van der Waals surface area contributed by atoms with E-state index >= 15 is 0 Å². The zero-order valence-electron chi connectivity index (χ0n) is 10.9. The van der Waals surface area contributed by atoms with Gasteiger partial charge in [-0.3, -0.25) is 9.59 Å². The lowest BCUT2D eigenvalue weighted by atomic mass is 9.84. The van der Waals surface area contributed by atoms with Crippen molar-refractivity contribution in [3.05, 3.63) is 0 Å². The van der Waals surface area contributed by atoms with E-state index in [9.17, 15) is 9.59 Å². The fraction of sp³-hybridized carbons (Fsp3) is 0.833. The number of carbonyl (C=O) groups is 2. The molecule has 0 aliphatic carbocycles. The van der Waals surface area contributed by atoms with Gasteiger partial charge in [-0.15, -0.1) is 0 Å². The van der Waals surface area contributed by atoms with Gasteiger partial charge in [-0.25, -0.2) is 0 Å². The molecule has 0 aromatic rings. The summed E-state index contributed by atoms with van der Waals surface area (Å²) in [6.45, 7) is 5.38. The Morgan fingerprint density at radius 2 is 1.82 bits per heavy atom. The Hall–Kier alpha value is -1.10. The minimum Gasteiger partial charge on any atom is -0.370 e. The van der Waals surface area contributed by atoms with Crippen LogP contribution < -0.4 is 16.8 Å². The van der Waals surface area contributed by atoms with Gasteiger partial charge in [0.1, 0.15) is 0 Å². The summed E-state index contributed by atoms with van der Waals surface area (Å²) in [5.74, 6) is -0.303. The zero-order valence-corrected chi connectivity index (χ0v) is 10.9. The maximum absolute atomic E-state index is 11.5. The second-order valence-electron chi connectivity index (χ2n) is 5.12. The maximum Gasteiger partial charge on any atom is 0.220 e. The molecule has 0 rings (SSSR count). The molecule has 0 saturated heterocycles. The molecule has 100 valence electrons. The van der Waals surface area contributed by atoms with Gasteiger partial charge < -0.3 is 16.8 Å². The van der Waals surface area contributed by atoms with Crippen LogP contribution in [0.2, 0.25) is 0 Å². The second kappa shape index (κ2) is 8.06. The van der Waals surface area contributed by atoms with Gasteiger partial charge in [0, 0.05) is 19.4 Å². The predicted molar refractivity (Wildman–Crippen MR) is 68.1 cm³/mol. The highest BCUT2D eigenvalue weighted by Gasteiger charge is 2.17. The van der Waals surface area contributed by atoms with E-state index < -0.39 is 0 Å². The molecule has 17 heavy (non-hydrogen) atoms. The monoisotopic (exact) mass is 243 g/mol. The second-order valence-corrected chi connectivity index (χ2v) is 5.12. The molecule has 5 nitrogen and oxygen atoms in total. The number of primary amides is 1. The van der Waals surface area contributed by atoms with Crippen LogP contribution in [-0.4, -0.2) is 24.9 Å². The van der Waals surface area contributed by atoms with Gasteiger partial charge in [0.15, 0.2) is 0 Å². The first-order valence-corrected chi connectivity index (χ1v) is 6.12. The van der Waals surface area contributed by atoms with Crippen molar-refractivity contribution in [2.24, 2.45) is 16.9 Å². The van der Waals surface area contributed by atoms with Crippen molar-refractivity contribution < 1.29 is 9.59 Å². The Morgan fingerprint density at radius 1 is 1.18 bits per heavy atom. The number of carbonyl (C=O) groups excluding carboxylic acids is 2. The lowest BCUT2D eigenvalue weighted by Gasteiger charge is -2.23. The highest BCUT2D eigenvalue weighted by molar-refractivity contribution is 5.76. The van der Waals surface area contributed by atoms with E-state index in [0.717, 1.165) is 12.8 Å². The smallest absolute Gasteiger partial charge is 0.220 e. The summed E-state index contributed by atoms with van der Waals surface area (Å²) in [7, 11) is 0. The first-order chi connectivity index (χ1) is 7.87. The number of nitrogens with one attached hydrogen (secondary N) is 1. The summed E-state index contributed by atoms with van der Waals surface area (Å²) in [4.78, 5) is 22.0. The molecule has 2 amide bonds. The molecule has 0 spiro atoms. The topological polar surface area (TPSA) is 98.2 Å². The Bertz CT molecular complexity index is 252. The lowest BCUT2D eigenvalue weighted by molar-refractivity contribution is -0.122. The molecule has 0 atom stereocenters.